The number of rotatable bonds is 3. The van der Waals surface area contributed by atoms with Gasteiger partial charge in [-0.25, -0.2) is 0 Å². The number of likely N-dealkylation sites (N-methyl/N-ethyl adjacent to an activating group) is 3. The van der Waals surface area contributed by atoms with Gasteiger partial charge in [-0.05, 0) is 73.9 Å². The van der Waals surface area contributed by atoms with Gasteiger partial charge >= 0.3 is 0 Å². The molecular formula is C40H48N6O9. The summed E-state index contributed by atoms with van der Waals surface area (Å²) in [6.45, 7) is 4.41. The number of fused-ring (bicyclic) bond motifs is 2. The third-order valence-corrected chi connectivity index (χ3v) is 10.2. The Morgan fingerprint density at radius 1 is 0.655 bits per heavy atom. The quantitative estimate of drug-likeness (QED) is 0.308. The van der Waals surface area contributed by atoms with E-state index in [0.717, 1.165) is 0 Å². The summed E-state index contributed by atoms with van der Waals surface area (Å²) < 4.78 is 11.2. The van der Waals surface area contributed by atoms with Crippen LogP contribution in [0.2, 0.25) is 0 Å². The fraction of sp³-hybridized carbons (Fsp3) is 0.400. The van der Waals surface area contributed by atoms with Crippen molar-refractivity contribution in [3.8, 4) is 23.0 Å². The lowest BCUT2D eigenvalue weighted by molar-refractivity contribution is -0.149. The van der Waals surface area contributed by atoms with E-state index in [4.69, 9.17) is 9.47 Å². The van der Waals surface area contributed by atoms with Crippen LogP contribution in [0.15, 0.2) is 66.7 Å². The van der Waals surface area contributed by atoms with Crippen LogP contribution in [0.3, 0.4) is 0 Å². The molecule has 3 aromatic rings. The Morgan fingerprint density at radius 3 is 1.84 bits per heavy atom. The van der Waals surface area contributed by atoms with Crippen LogP contribution in [0.1, 0.15) is 37.5 Å². The first-order valence-corrected chi connectivity index (χ1v) is 18.0. The molecule has 1 saturated heterocycles. The molecule has 6 amide bonds. The Morgan fingerprint density at radius 2 is 1.20 bits per heavy atom. The van der Waals surface area contributed by atoms with Crippen molar-refractivity contribution in [1.82, 2.24) is 30.7 Å². The van der Waals surface area contributed by atoms with Gasteiger partial charge in [0.15, 0.2) is 11.5 Å². The van der Waals surface area contributed by atoms with E-state index in [-0.39, 0.29) is 30.8 Å². The lowest BCUT2D eigenvalue weighted by Gasteiger charge is -2.36. The fourth-order valence-electron chi connectivity index (χ4n) is 6.67. The second-order valence-corrected chi connectivity index (χ2v) is 14.1. The highest BCUT2D eigenvalue weighted by atomic mass is 16.5. The number of carbonyl (C=O) groups excluding carboxylic acids is 6. The van der Waals surface area contributed by atoms with E-state index in [1.807, 2.05) is 0 Å². The molecule has 55 heavy (non-hydrogen) atoms. The topological polar surface area (TPSA) is 187 Å². The summed E-state index contributed by atoms with van der Waals surface area (Å²) in [5.74, 6) is -2.69. The van der Waals surface area contributed by atoms with Crippen molar-refractivity contribution in [3.63, 3.8) is 0 Å². The van der Waals surface area contributed by atoms with Crippen LogP contribution in [-0.2, 0) is 48.0 Å². The number of methoxy groups -OCH3 is 1. The van der Waals surface area contributed by atoms with Crippen molar-refractivity contribution >= 4 is 35.4 Å². The van der Waals surface area contributed by atoms with Crippen LogP contribution in [0.25, 0.3) is 0 Å². The second kappa shape index (κ2) is 16.9. The molecule has 292 valence electrons. The van der Waals surface area contributed by atoms with Gasteiger partial charge in [0.05, 0.1) is 7.11 Å². The molecule has 0 aliphatic carbocycles. The van der Waals surface area contributed by atoms with Crippen LogP contribution in [-0.4, -0.2) is 120 Å². The molecule has 15 nitrogen and oxygen atoms in total. The van der Waals surface area contributed by atoms with E-state index in [9.17, 15) is 33.9 Å². The standard InChI is InChI=1S/C40H48N6O9/c1-22-35(48)42-23(2)38(51)44(4)30(18-25-8-13-28(54-7)14-9-25)37(50)43-24(3)39(52)46(6)32-19-26-10-15-29(16-11-26)55-34-21-27(12-17-33(34)47)20-31(36(49)41-22)45(5)40(32)53/h8-17,21-24,30-32,47H,18-20H2,1-7H3,(H,41,49)(H,42,48)(H,43,50)/t22-,23-,24-,30-,31+,32-/m1/s1. The number of phenols is 1. The number of carbonyl (C=O) groups is 6. The molecule has 0 aromatic heterocycles. The maximum absolute atomic E-state index is 14.6. The Kier molecular flexibility index (Phi) is 12.3. The van der Waals surface area contributed by atoms with Crippen molar-refractivity contribution in [2.75, 3.05) is 28.3 Å². The van der Waals surface area contributed by atoms with Gasteiger partial charge in [0, 0.05) is 40.4 Å². The number of benzene rings is 3. The Balaban J connectivity index is 1.57. The minimum atomic E-state index is -1.20. The average molecular weight is 757 g/mol. The van der Waals surface area contributed by atoms with Crippen LogP contribution in [0.5, 0.6) is 23.0 Å². The first-order chi connectivity index (χ1) is 26.1. The fourth-order valence-corrected chi connectivity index (χ4v) is 6.67. The number of amides is 6. The largest absolute Gasteiger partial charge is 0.504 e. The predicted octanol–water partition coefficient (Wildman–Crippen LogP) is 1.54. The number of ether oxygens (including phenoxy) is 2. The lowest BCUT2D eigenvalue weighted by Crippen LogP contribution is -2.61. The van der Waals surface area contributed by atoms with Gasteiger partial charge in [-0.3, -0.25) is 28.8 Å². The molecule has 3 aliphatic rings. The molecule has 3 heterocycles. The summed E-state index contributed by atoms with van der Waals surface area (Å²) in [6, 6.07) is 11.5. The number of nitrogens with zero attached hydrogens (tertiary/aromatic N) is 3. The Labute approximate surface area is 319 Å². The molecule has 0 unspecified atom stereocenters. The molecule has 0 spiro atoms. The smallest absolute Gasteiger partial charge is 0.246 e. The number of hydrogen-bond acceptors (Lipinski definition) is 9. The molecule has 3 aliphatic heterocycles. The van der Waals surface area contributed by atoms with E-state index in [0.29, 0.717) is 28.2 Å². The van der Waals surface area contributed by atoms with Crippen molar-refractivity contribution in [2.45, 2.75) is 76.3 Å². The summed E-state index contributed by atoms with van der Waals surface area (Å²) in [7, 11) is 5.87. The molecule has 4 N–H and O–H groups in total. The summed E-state index contributed by atoms with van der Waals surface area (Å²) >= 11 is 0. The zero-order valence-electron chi connectivity index (χ0n) is 32.0. The minimum Gasteiger partial charge on any atom is -0.504 e. The summed E-state index contributed by atoms with van der Waals surface area (Å²) in [5, 5.41) is 18.6. The first kappa shape index (κ1) is 40.1. The van der Waals surface area contributed by atoms with Crippen LogP contribution < -0.4 is 25.4 Å². The van der Waals surface area contributed by atoms with E-state index in [1.165, 1.54) is 69.8 Å². The highest BCUT2D eigenvalue weighted by Gasteiger charge is 2.39. The highest BCUT2D eigenvalue weighted by molar-refractivity contribution is 5.98. The molecular weight excluding hydrogens is 708 g/mol. The predicted molar refractivity (Wildman–Crippen MR) is 201 cm³/mol. The van der Waals surface area contributed by atoms with Gasteiger partial charge in [0.2, 0.25) is 35.4 Å². The van der Waals surface area contributed by atoms with E-state index < -0.39 is 71.7 Å². The monoisotopic (exact) mass is 756 g/mol. The highest BCUT2D eigenvalue weighted by Crippen LogP contribution is 2.33. The summed E-state index contributed by atoms with van der Waals surface area (Å²) in [4.78, 5) is 87.8. The molecule has 6 rings (SSSR count). The van der Waals surface area contributed by atoms with Crippen molar-refractivity contribution < 1.29 is 43.3 Å². The molecule has 15 heteroatoms. The molecule has 6 bridgehead atoms. The molecule has 3 aromatic carbocycles. The van der Waals surface area contributed by atoms with E-state index in [2.05, 4.69) is 16.0 Å². The first-order valence-electron chi connectivity index (χ1n) is 18.0. The van der Waals surface area contributed by atoms with Crippen molar-refractivity contribution in [2.24, 2.45) is 0 Å². The maximum atomic E-state index is 14.6. The van der Waals surface area contributed by atoms with Gasteiger partial charge in [-0.2, -0.15) is 0 Å². The number of phenolic OH excluding ortho intramolecular Hbond substituents is 1. The Bertz CT molecular complexity index is 1940. The number of nitrogens with one attached hydrogen (secondary N) is 3. The average Bonchev–Trinajstić information content (AvgIpc) is 3.17. The molecule has 0 radical (unpaired) electrons. The minimum absolute atomic E-state index is 0.0330. The lowest BCUT2D eigenvalue weighted by atomic mass is 9.98. The van der Waals surface area contributed by atoms with Crippen LogP contribution >= 0.6 is 0 Å². The third kappa shape index (κ3) is 9.16. The van der Waals surface area contributed by atoms with Crippen molar-refractivity contribution in [3.05, 3.63) is 83.4 Å². The Hall–Kier alpha value is -6.12. The summed E-state index contributed by atoms with van der Waals surface area (Å²) in [5.41, 5.74) is 1.90. The zero-order chi connectivity index (χ0) is 40.1. The molecule has 6 atom stereocenters. The normalized spacial score (nSPS) is 24.6. The van der Waals surface area contributed by atoms with Gasteiger partial charge in [0.25, 0.3) is 0 Å². The van der Waals surface area contributed by atoms with Crippen LogP contribution in [0, 0.1) is 0 Å². The molecule has 1 fully saturated rings. The maximum Gasteiger partial charge on any atom is 0.246 e. The second-order valence-electron chi connectivity index (χ2n) is 14.1. The van der Waals surface area contributed by atoms with Gasteiger partial charge in [0.1, 0.15) is 47.8 Å². The number of hydrogen-bond donors (Lipinski definition) is 4. The zero-order valence-corrected chi connectivity index (χ0v) is 32.0. The van der Waals surface area contributed by atoms with E-state index in [1.54, 1.807) is 60.7 Å². The van der Waals surface area contributed by atoms with Crippen molar-refractivity contribution in [1.29, 1.82) is 0 Å². The van der Waals surface area contributed by atoms with Gasteiger partial charge in [-0.15, -0.1) is 0 Å². The SMILES string of the molecule is COc1ccc(C[C@@H]2C(=O)N[C@H](C)C(=O)N(C)[C@@H]3Cc4ccc(cc4)Oc4cc(ccc4O)C[C@@H](C(=O)N[C@H](C)C(=O)N[C@H](C)C(=O)N2C)N(C)C3=O)cc1. The summed E-state index contributed by atoms with van der Waals surface area (Å²) in [6.07, 6.45) is 0.0471. The van der Waals surface area contributed by atoms with Gasteiger partial charge < -0.3 is 45.2 Å². The van der Waals surface area contributed by atoms with Gasteiger partial charge in [-0.1, -0.05) is 30.3 Å². The number of aromatic hydroxyl groups is 1. The van der Waals surface area contributed by atoms with E-state index >= 15 is 0 Å². The third-order valence-electron chi connectivity index (χ3n) is 10.2. The van der Waals surface area contributed by atoms with Crippen LogP contribution in [0.4, 0.5) is 0 Å². The molecule has 0 saturated carbocycles.